The third kappa shape index (κ3) is 7.44. The van der Waals surface area contributed by atoms with Crippen LogP contribution >= 0.6 is 39.9 Å². The summed E-state index contributed by atoms with van der Waals surface area (Å²) in [5.74, 6) is 0.197. The fraction of sp³-hybridized carbons (Fsp3) is 0.500. The Labute approximate surface area is 223 Å². The Kier molecular flexibility index (Phi) is 10.4. The van der Waals surface area contributed by atoms with Gasteiger partial charge in [0.25, 0.3) is 11.8 Å². The minimum absolute atomic E-state index is 0.0509. The first kappa shape index (κ1) is 27.5. The molecule has 0 radical (unpaired) electrons. The molecule has 0 bridgehead atoms. The molecule has 2 amide bonds. The van der Waals surface area contributed by atoms with E-state index in [0.29, 0.717) is 37.4 Å². The molecule has 2 aliphatic rings. The smallest absolute Gasteiger partial charge is 0.307 e. The van der Waals surface area contributed by atoms with Crippen LogP contribution in [-0.2, 0) is 19.1 Å². The maximum atomic E-state index is 12.9. The number of ether oxygens (including phenoxy) is 3. The highest BCUT2D eigenvalue weighted by atomic mass is 79.9. The first-order valence-corrected chi connectivity index (χ1v) is 13.5. The van der Waals surface area contributed by atoms with Crippen molar-refractivity contribution in [3.8, 4) is 11.5 Å². The molecule has 2 fully saturated rings. The maximum absolute atomic E-state index is 12.9. The Morgan fingerprint density at radius 2 is 1.97 bits per heavy atom. The zero-order valence-electron chi connectivity index (χ0n) is 19.8. The van der Waals surface area contributed by atoms with E-state index in [4.69, 9.17) is 26.4 Å². The van der Waals surface area contributed by atoms with Crippen LogP contribution in [0.1, 0.15) is 44.6 Å². The highest BCUT2D eigenvalue weighted by Crippen LogP contribution is 2.39. The topological polar surface area (TPSA) is 85.4 Å². The molecule has 35 heavy (non-hydrogen) atoms. The van der Waals surface area contributed by atoms with Crippen molar-refractivity contribution in [1.82, 2.24) is 9.80 Å². The van der Waals surface area contributed by atoms with E-state index in [0.717, 1.165) is 38.8 Å². The predicted molar refractivity (Wildman–Crippen MR) is 142 cm³/mol. The molecule has 2 saturated heterocycles. The molecule has 8 nitrogen and oxygen atoms in total. The number of thiocarbonyl (C=S) groups is 1. The second-order valence-electron chi connectivity index (χ2n) is 8.07. The molecule has 0 spiro atoms. The van der Waals surface area contributed by atoms with Gasteiger partial charge in [0, 0.05) is 19.6 Å². The first-order valence-electron chi connectivity index (χ1n) is 11.5. The monoisotopic (exact) mass is 584 g/mol. The summed E-state index contributed by atoms with van der Waals surface area (Å²) in [5, 5.41) is 0. The zero-order valence-corrected chi connectivity index (χ0v) is 23.1. The van der Waals surface area contributed by atoms with E-state index in [-0.39, 0.29) is 37.4 Å². The number of benzene rings is 1. The molecule has 1 aromatic carbocycles. The number of rotatable bonds is 10. The Balaban J connectivity index is 1.67. The summed E-state index contributed by atoms with van der Waals surface area (Å²) in [4.78, 5) is 40.8. The van der Waals surface area contributed by atoms with Gasteiger partial charge in [-0.25, -0.2) is 0 Å². The van der Waals surface area contributed by atoms with Crippen molar-refractivity contribution in [2.24, 2.45) is 0 Å². The molecular formula is C24H29BrN2O6S2. The van der Waals surface area contributed by atoms with Crippen molar-refractivity contribution in [1.29, 1.82) is 0 Å². The number of carbonyl (C=O) groups excluding carboxylic acids is 3. The van der Waals surface area contributed by atoms with Crippen molar-refractivity contribution in [2.75, 3.05) is 40.0 Å². The molecule has 0 aromatic heterocycles. The lowest BCUT2D eigenvalue weighted by atomic mass is 10.1. The van der Waals surface area contributed by atoms with E-state index in [1.54, 1.807) is 18.2 Å². The van der Waals surface area contributed by atoms with Gasteiger partial charge < -0.3 is 19.1 Å². The van der Waals surface area contributed by atoms with E-state index in [2.05, 4.69) is 15.9 Å². The van der Waals surface area contributed by atoms with E-state index in [1.807, 2.05) is 11.8 Å². The van der Waals surface area contributed by atoms with Crippen molar-refractivity contribution in [3.63, 3.8) is 0 Å². The number of nitrogens with zero attached hydrogens (tertiary/aromatic N) is 2. The summed E-state index contributed by atoms with van der Waals surface area (Å²) in [5.41, 5.74) is 0.700. The van der Waals surface area contributed by atoms with Crippen molar-refractivity contribution < 1.29 is 28.6 Å². The van der Waals surface area contributed by atoms with Gasteiger partial charge in [0.2, 0.25) is 0 Å². The van der Waals surface area contributed by atoms with Crippen LogP contribution in [0.25, 0.3) is 6.08 Å². The largest absolute Gasteiger partial charge is 0.493 e. The molecular weight excluding hydrogens is 556 g/mol. The summed E-state index contributed by atoms with van der Waals surface area (Å²) < 4.78 is 17.4. The zero-order chi connectivity index (χ0) is 25.4. The molecule has 2 heterocycles. The normalized spacial score (nSPS) is 17.2. The average molecular weight is 586 g/mol. The summed E-state index contributed by atoms with van der Waals surface area (Å²) >= 11 is 10.0. The second-order valence-corrected chi connectivity index (χ2v) is 10.6. The SMILES string of the molecule is CCCOC(=O)CCN1C(=O)/C(=C\c2cc(Br)c(OCC(=O)N3CCCCC3)c(OC)c2)SC1=S. The number of piperidine rings is 1. The van der Waals surface area contributed by atoms with Crippen LogP contribution in [0.3, 0.4) is 0 Å². The quantitative estimate of drug-likeness (QED) is 0.227. The third-order valence-electron chi connectivity index (χ3n) is 5.48. The summed E-state index contributed by atoms with van der Waals surface area (Å²) in [6.07, 6.45) is 5.72. The number of likely N-dealkylation sites (tertiary alicyclic amines) is 1. The standard InChI is InChI=1S/C24H29BrN2O6S2/c1-3-11-32-21(29)7-10-27-23(30)19(35-24(27)34)14-16-12-17(25)22(18(13-16)31-2)33-15-20(28)26-8-5-4-6-9-26/h12-14H,3-11,15H2,1-2H3/b19-14+. The van der Waals surface area contributed by atoms with Gasteiger partial charge in [-0.15, -0.1) is 0 Å². The lowest BCUT2D eigenvalue weighted by Crippen LogP contribution is -2.38. The Bertz CT molecular complexity index is 1010. The van der Waals surface area contributed by atoms with Gasteiger partial charge in [-0.3, -0.25) is 19.3 Å². The van der Waals surface area contributed by atoms with Gasteiger partial charge >= 0.3 is 5.97 Å². The number of thioether (sulfide) groups is 1. The summed E-state index contributed by atoms with van der Waals surface area (Å²) in [7, 11) is 1.52. The molecule has 0 aliphatic carbocycles. The number of halogens is 1. The van der Waals surface area contributed by atoms with Crippen molar-refractivity contribution >= 4 is 68.1 Å². The predicted octanol–water partition coefficient (Wildman–Crippen LogP) is 4.39. The van der Waals surface area contributed by atoms with Gasteiger partial charge in [0.15, 0.2) is 18.1 Å². The first-order chi connectivity index (χ1) is 16.8. The van der Waals surface area contributed by atoms with Gasteiger partial charge in [-0.05, 0) is 65.4 Å². The highest BCUT2D eigenvalue weighted by molar-refractivity contribution is 9.10. The number of methoxy groups -OCH3 is 1. The summed E-state index contributed by atoms with van der Waals surface area (Å²) in [6.45, 7) is 3.90. The van der Waals surface area contributed by atoms with Crippen LogP contribution in [0.15, 0.2) is 21.5 Å². The fourth-order valence-electron chi connectivity index (χ4n) is 3.67. The van der Waals surface area contributed by atoms with Crippen LogP contribution < -0.4 is 9.47 Å². The fourth-order valence-corrected chi connectivity index (χ4v) is 5.55. The minimum atomic E-state index is -0.354. The average Bonchev–Trinajstić information content (AvgIpc) is 3.12. The van der Waals surface area contributed by atoms with Crippen LogP contribution in [0.2, 0.25) is 0 Å². The third-order valence-corrected chi connectivity index (χ3v) is 7.45. The Morgan fingerprint density at radius 1 is 1.23 bits per heavy atom. The number of esters is 1. The number of amides is 2. The lowest BCUT2D eigenvalue weighted by molar-refractivity contribution is -0.144. The summed E-state index contributed by atoms with van der Waals surface area (Å²) in [6, 6.07) is 3.53. The number of carbonyl (C=O) groups is 3. The minimum Gasteiger partial charge on any atom is -0.493 e. The molecule has 0 unspecified atom stereocenters. The van der Waals surface area contributed by atoms with Crippen LogP contribution in [0, 0.1) is 0 Å². The maximum Gasteiger partial charge on any atom is 0.307 e. The molecule has 190 valence electrons. The van der Waals surface area contributed by atoms with E-state index in [1.165, 1.54) is 23.8 Å². The molecule has 3 rings (SSSR count). The number of hydrogen-bond donors (Lipinski definition) is 0. The van der Waals surface area contributed by atoms with E-state index >= 15 is 0 Å². The van der Waals surface area contributed by atoms with Crippen LogP contribution in [-0.4, -0.2) is 71.9 Å². The Hall–Kier alpha value is -2.11. The van der Waals surface area contributed by atoms with Gasteiger partial charge in [-0.2, -0.15) is 0 Å². The molecule has 0 saturated carbocycles. The van der Waals surface area contributed by atoms with Gasteiger partial charge in [-0.1, -0.05) is 30.9 Å². The van der Waals surface area contributed by atoms with Gasteiger partial charge in [0.05, 0.1) is 29.5 Å². The van der Waals surface area contributed by atoms with E-state index in [9.17, 15) is 14.4 Å². The second kappa shape index (κ2) is 13.3. The Morgan fingerprint density at radius 3 is 2.66 bits per heavy atom. The molecule has 1 aromatic rings. The van der Waals surface area contributed by atoms with Crippen molar-refractivity contribution in [2.45, 2.75) is 39.0 Å². The molecule has 11 heteroatoms. The molecule has 0 atom stereocenters. The highest BCUT2D eigenvalue weighted by Gasteiger charge is 2.32. The molecule has 2 aliphatic heterocycles. The molecule has 0 N–H and O–H groups in total. The number of hydrogen-bond acceptors (Lipinski definition) is 8. The lowest BCUT2D eigenvalue weighted by Gasteiger charge is -2.26. The van der Waals surface area contributed by atoms with Crippen LogP contribution in [0.4, 0.5) is 0 Å². The van der Waals surface area contributed by atoms with Crippen LogP contribution in [0.5, 0.6) is 11.5 Å². The van der Waals surface area contributed by atoms with Crippen molar-refractivity contribution in [3.05, 3.63) is 27.1 Å². The van der Waals surface area contributed by atoms with E-state index < -0.39 is 0 Å². The van der Waals surface area contributed by atoms with Gasteiger partial charge in [0.1, 0.15) is 4.32 Å².